The predicted octanol–water partition coefficient (Wildman–Crippen LogP) is 3.49. The van der Waals surface area contributed by atoms with Gasteiger partial charge in [-0.2, -0.15) is 0 Å². The number of amides is 1. The van der Waals surface area contributed by atoms with E-state index >= 15 is 0 Å². The van der Waals surface area contributed by atoms with Crippen molar-refractivity contribution in [3.05, 3.63) is 71.0 Å². The van der Waals surface area contributed by atoms with Crippen LogP contribution in [-0.4, -0.2) is 17.6 Å². The van der Waals surface area contributed by atoms with E-state index in [0.29, 0.717) is 6.54 Å². The number of rotatable bonds is 6. The number of carbonyl (C=O) groups is 1. The first-order valence-electron chi connectivity index (χ1n) is 8.87. The fourth-order valence-electron chi connectivity index (χ4n) is 3.70. The van der Waals surface area contributed by atoms with Crippen molar-refractivity contribution in [3.63, 3.8) is 0 Å². The van der Waals surface area contributed by atoms with E-state index in [2.05, 4.69) is 5.32 Å². The van der Waals surface area contributed by atoms with Crippen molar-refractivity contribution < 1.29 is 14.3 Å². The van der Waals surface area contributed by atoms with Gasteiger partial charge in [-0.15, -0.1) is 0 Å². The lowest BCUT2D eigenvalue weighted by Gasteiger charge is -2.28. The first-order chi connectivity index (χ1) is 12.1. The van der Waals surface area contributed by atoms with Crippen LogP contribution in [0.2, 0.25) is 0 Å². The van der Waals surface area contributed by atoms with Gasteiger partial charge in [0.15, 0.2) is 0 Å². The molecule has 1 fully saturated rings. The van der Waals surface area contributed by atoms with Crippen molar-refractivity contribution in [2.45, 2.75) is 44.1 Å². The molecule has 2 aromatic carbocycles. The zero-order valence-corrected chi connectivity index (χ0v) is 14.3. The fourth-order valence-corrected chi connectivity index (χ4v) is 3.70. The van der Waals surface area contributed by atoms with E-state index in [1.54, 1.807) is 12.1 Å². The van der Waals surface area contributed by atoms with Crippen LogP contribution in [0.15, 0.2) is 48.5 Å². The number of hydrogen-bond donors (Lipinski definition) is 2. The SMILES string of the molecule is O=C(NCCc1ccc(CO)cc1)C1(c2ccc(F)cc2)CCCC1. The summed E-state index contributed by atoms with van der Waals surface area (Å²) in [5.74, 6) is -0.229. The van der Waals surface area contributed by atoms with Crippen LogP contribution in [0.25, 0.3) is 0 Å². The van der Waals surface area contributed by atoms with Crippen molar-refractivity contribution >= 4 is 5.91 Å². The molecule has 1 saturated carbocycles. The van der Waals surface area contributed by atoms with Gasteiger partial charge in [0.2, 0.25) is 5.91 Å². The van der Waals surface area contributed by atoms with E-state index in [1.165, 1.54) is 12.1 Å². The highest BCUT2D eigenvalue weighted by atomic mass is 19.1. The smallest absolute Gasteiger partial charge is 0.230 e. The normalized spacial score (nSPS) is 15.9. The molecule has 4 heteroatoms. The summed E-state index contributed by atoms with van der Waals surface area (Å²) in [6.07, 6.45) is 4.42. The Morgan fingerprint density at radius 1 is 1.00 bits per heavy atom. The Balaban J connectivity index is 1.64. The Bertz CT molecular complexity index is 704. The molecule has 3 nitrogen and oxygen atoms in total. The number of benzene rings is 2. The molecule has 2 N–H and O–H groups in total. The maximum Gasteiger partial charge on any atom is 0.230 e. The minimum absolute atomic E-state index is 0.0389. The first kappa shape index (κ1) is 17.6. The van der Waals surface area contributed by atoms with E-state index in [1.807, 2.05) is 24.3 Å². The molecular formula is C21H24FNO2. The first-order valence-corrected chi connectivity index (χ1v) is 8.87. The zero-order valence-electron chi connectivity index (χ0n) is 14.3. The second kappa shape index (κ2) is 7.79. The summed E-state index contributed by atoms with van der Waals surface area (Å²) >= 11 is 0. The molecule has 1 aliphatic carbocycles. The molecule has 0 saturated heterocycles. The van der Waals surface area contributed by atoms with Crippen molar-refractivity contribution in [2.24, 2.45) is 0 Å². The molecule has 0 bridgehead atoms. The fraction of sp³-hybridized carbons (Fsp3) is 0.381. The Morgan fingerprint density at radius 3 is 2.20 bits per heavy atom. The minimum Gasteiger partial charge on any atom is -0.392 e. The average Bonchev–Trinajstić information content (AvgIpc) is 3.14. The lowest BCUT2D eigenvalue weighted by atomic mass is 9.78. The van der Waals surface area contributed by atoms with Crippen molar-refractivity contribution in [3.8, 4) is 0 Å². The van der Waals surface area contributed by atoms with Crippen LogP contribution in [0.3, 0.4) is 0 Å². The van der Waals surface area contributed by atoms with Crippen LogP contribution in [0, 0.1) is 5.82 Å². The molecule has 2 aromatic rings. The number of hydrogen-bond acceptors (Lipinski definition) is 2. The molecule has 0 aliphatic heterocycles. The predicted molar refractivity (Wildman–Crippen MR) is 95.6 cm³/mol. The summed E-state index contributed by atoms with van der Waals surface area (Å²) in [5.41, 5.74) is 2.40. The third-order valence-electron chi connectivity index (χ3n) is 5.19. The van der Waals surface area contributed by atoms with Crippen LogP contribution < -0.4 is 5.32 Å². The van der Waals surface area contributed by atoms with Crippen molar-refractivity contribution in [1.82, 2.24) is 5.32 Å². The molecule has 0 radical (unpaired) electrons. The van der Waals surface area contributed by atoms with Gasteiger partial charge in [0.1, 0.15) is 5.82 Å². The third kappa shape index (κ3) is 3.90. The molecule has 0 atom stereocenters. The van der Waals surface area contributed by atoms with Gasteiger partial charge in [-0.05, 0) is 48.1 Å². The molecule has 0 spiro atoms. The number of nitrogens with one attached hydrogen (secondary N) is 1. The summed E-state index contributed by atoms with van der Waals surface area (Å²) in [7, 11) is 0. The van der Waals surface area contributed by atoms with Crippen LogP contribution in [-0.2, 0) is 23.2 Å². The Kier molecular flexibility index (Phi) is 5.49. The van der Waals surface area contributed by atoms with Gasteiger partial charge < -0.3 is 10.4 Å². The number of carbonyl (C=O) groups excluding carboxylic acids is 1. The standard InChI is InChI=1S/C21H24FNO2/c22-19-9-7-18(8-10-19)21(12-1-2-13-21)20(25)23-14-11-16-3-5-17(15-24)6-4-16/h3-10,24H,1-2,11-15H2,(H,23,25). The molecule has 0 unspecified atom stereocenters. The van der Waals surface area contributed by atoms with E-state index in [9.17, 15) is 9.18 Å². The molecule has 1 aliphatic rings. The minimum atomic E-state index is -0.519. The molecule has 3 rings (SSSR count). The summed E-state index contributed by atoms with van der Waals surface area (Å²) in [5, 5.41) is 12.1. The van der Waals surface area contributed by atoms with E-state index in [-0.39, 0.29) is 18.3 Å². The number of aliphatic hydroxyl groups excluding tert-OH is 1. The van der Waals surface area contributed by atoms with Gasteiger partial charge in [-0.1, -0.05) is 49.2 Å². The quantitative estimate of drug-likeness (QED) is 0.845. The third-order valence-corrected chi connectivity index (χ3v) is 5.19. The Labute approximate surface area is 147 Å². The number of halogens is 1. The summed E-state index contributed by atoms with van der Waals surface area (Å²) in [6.45, 7) is 0.609. The second-order valence-electron chi connectivity index (χ2n) is 6.78. The van der Waals surface area contributed by atoms with Gasteiger partial charge in [0.05, 0.1) is 12.0 Å². The maximum absolute atomic E-state index is 13.2. The van der Waals surface area contributed by atoms with Crippen molar-refractivity contribution in [2.75, 3.05) is 6.54 Å². The van der Waals surface area contributed by atoms with Gasteiger partial charge >= 0.3 is 0 Å². The monoisotopic (exact) mass is 341 g/mol. The molecule has 1 amide bonds. The van der Waals surface area contributed by atoms with Gasteiger partial charge in [-0.3, -0.25) is 4.79 Å². The Hall–Kier alpha value is -2.20. The average molecular weight is 341 g/mol. The molecule has 25 heavy (non-hydrogen) atoms. The highest BCUT2D eigenvalue weighted by Crippen LogP contribution is 2.41. The van der Waals surface area contributed by atoms with E-state index in [4.69, 9.17) is 5.11 Å². The molecule has 132 valence electrons. The topological polar surface area (TPSA) is 49.3 Å². The summed E-state index contributed by atoms with van der Waals surface area (Å²) in [6, 6.07) is 14.1. The van der Waals surface area contributed by atoms with Crippen LogP contribution >= 0.6 is 0 Å². The van der Waals surface area contributed by atoms with Crippen LogP contribution in [0.5, 0.6) is 0 Å². The highest BCUT2D eigenvalue weighted by Gasteiger charge is 2.42. The van der Waals surface area contributed by atoms with E-state index in [0.717, 1.165) is 48.8 Å². The lowest BCUT2D eigenvalue weighted by Crippen LogP contribution is -2.43. The largest absolute Gasteiger partial charge is 0.392 e. The van der Waals surface area contributed by atoms with E-state index < -0.39 is 5.41 Å². The van der Waals surface area contributed by atoms with Gasteiger partial charge in [0, 0.05) is 6.54 Å². The summed E-state index contributed by atoms with van der Waals surface area (Å²) in [4.78, 5) is 12.9. The highest BCUT2D eigenvalue weighted by molar-refractivity contribution is 5.88. The molecule has 0 aromatic heterocycles. The second-order valence-corrected chi connectivity index (χ2v) is 6.78. The lowest BCUT2D eigenvalue weighted by molar-refractivity contribution is -0.126. The van der Waals surface area contributed by atoms with Gasteiger partial charge in [-0.25, -0.2) is 4.39 Å². The Morgan fingerprint density at radius 2 is 1.60 bits per heavy atom. The molecule has 0 heterocycles. The van der Waals surface area contributed by atoms with Crippen LogP contribution in [0.1, 0.15) is 42.4 Å². The molecular weight excluding hydrogens is 317 g/mol. The van der Waals surface area contributed by atoms with Gasteiger partial charge in [0.25, 0.3) is 0 Å². The van der Waals surface area contributed by atoms with Crippen LogP contribution in [0.4, 0.5) is 4.39 Å². The van der Waals surface area contributed by atoms with Crippen molar-refractivity contribution in [1.29, 1.82) is 0 Å². The maximum atomic E-state index is 13.2. The number of aliphatic hydroxyl groups is 1. The zero-order chi connectivity index (χ0) is 17.7. The summed E-state index contributed by atoms with van der Waals surface area (Å²) < 4.78 is 13.2.